The molecule has 2 aromatic rings. The van der Waals surface area contributed by atoms with E-state index in [1.807, 2.05) is 0 Å². The molecule has 88 valence electrons. The molecule has 4 nitrogen and oxygen atoms in total. The summed E-state index contributed by atoms with van der Waals surface area (Å²) in [5, 5.41) is 2.56. The highest BCUT2D eigenvalue weighted by atomic mass is 19.1. The maximum atomic E-state index is 13.3. The summed E-state index contributed by atoms with van der Waals surface area (Å²) >= 11 is 0. The molecule has 0 saturated carbocycles. The molecule has 0 fully saturated rings. The van der Waals surface area contributed by atoms with E-state index in [0.717, 1.165) is 12.1 Å². The summed E-state index contributed by atoms with van der Waals surface area (Å²) in [6.07, 6.45) is 0. The van der Waals surface area contributed by atoms with E-state index >= 15 is 0 Å². The smallest absolute Gasteiger partial charge is 0.149 e. The Morgan fingerprint density at radius 3 is 2.18 bits per heavy atom. The molecular formula is C11H10F2N4. The number of nitrogen functional groups attached to an aromatic ring is 1. The van der Waals surface area contributed by atoms with Crippen LogP contribution in [0.2, 0.25) is 0 Å². The zero-order valence-corrected chi connectivity index (χ0v) is 8.74. The number of hydrogen-bond donors (Lipinski definition) is 3. The summed E-state index contributed by atoms with van der Waals surface area (Å²) < 4.78 is 26.7. The van der Waals surface area contributed by atoms with E-state index in [1.165, 1.54) is 6.07 Å². The molecule has 2 rings (SSSR count). The number of nitrogens with one attached hydrogen (secondary N) is 2. The van der Waals surface area contributed by atoms with Crippen LogP contribution in [0.1, 0.15) is 0 Å². The van der Waals surface area contributed by atoms with E-state index in [9.17, 15) is 8.78 Å². The summed E-state index contributed by atoms with van der Waals surface area (Å²) in [7, 11) is 0. The number of anilines is 3. The minimum absolute atomic E-state index is 0.242. The Bertz CT molecular complexity index is 510. The molecule has 1 aromatic heterocycles. The van der Waals surface area contributed by atoms with Crippen LogP contribution >= 0.6 is 0 Å². The predicted molar refractivity (Wildman–Crippen MR) is 61.7 cm³/mol. The van der Waals surface area contributed by atoms with Gasteiger partial charge in [0, 0.05) is 0 Å². The molecule has 0 amide bonds. The summed E-state index contributed by atoms with van der Waals surface area (Å²) in [5.41, 5.74) is 2.10. The summed E-state index contributed by atoms with van der Waals surface area (Å²) in [6.45, 7) is 0. The van der Waals surface area contributed by atoms with Crippen molar-refractivity contribution in [2.75, 3.05) is 10.7 Å². The monoisotopic (exact) mass is 236 g/mol. The van der Waals surface area contributed by atoms with Gasteiger partial charge < -0.3 is 10.7 Å². The number of para-hydroxylation sites is 1. The maximum Gasteiger partial charge on any atom is 0.149 e. The standard InChI is InChI=1S/C11H10F2N4/c12-7-3-1-4-8(13)11(7)16-9-5-2-6-10(15-9)17-14/h1-6H,14H2,(H2,15,16,17). The van der Waals surface area contributed by atoms with Gasteiger partial charge in [-0.3, -0.25) is 0 Å². The predicted octanol–water partition coefficient (Wildman–Crippen LogP) is 2.39. The van der Waals surface area contributed by atoms with Gasteiger partial charge in [-0.2, -0.15) is 0 Å². The Kier molecular flexibility index (Phi) is 3.15. The molecule has 0 atom stereocenters. The first kappa shape index (κ1) is 11.3. The van der Waals surface area contributed by atoms with E-state index in [0.29, 0.717) is 11.6 Å². The Balaban J connectivity index is 2.31. The van der Waals surface area contributed by atoms with Gasteiger partial charge >= 0.3 is 0 Å². The second-order valence-corrected chi connectivity index (χ2v) is 3.27. The number of aromatic nitrogens is 1. The molecule has 4 N–H and O–H groups in total. The van der Waals surface area contributed by atoms with Crippen LogP contribution in [0, 0.1) is 11.6 Å². The van der Waals surface area contributed by atoms with Crippen molar-refractivity contribution in [3.05, 3.63) is 48.0 Å². The molecule has 0 aliphatic heterocycles. The van der Waals surface area contributed by atoms with Gasteiger partial charge in [0.1, 0.15) is 29.0 Å². The number of nitrogens with zero attached hydrogens (tertiary/aromatic N) is 1. The first-order valence-electron chi connectivity index (χ1n) is 4.85. The lowest BCUT2D eigenvalue weighted by molar-refractivity contribution is 0.590. The van der Waals surface area contributed by atoms with Crippen LogP contribution in [0.15, 0.2) is 36.4 Å². The van der Waals surface area contributed by atoms with Crippen LogP contribution in [-0.4, -0.2) is 4.98 Å². The largest absolute Gasteiger partial charge is 0.335 e. The highest BCUT2D eigenvalue weighted by molar-refractivity contribution is 5.59. The average molecular weight is 236 g/mol. The van der Waals surface area contributed by atoms with E-state index in [2.05, 4.69) is 15.7 Å². The molecule has 0 aliphatic rings. The molecule has 0 radical (unpaired) electrons. The van der Waals surface area contributed by atoms with Gasteiger partial charge in [0.05, 0.1) is 0 Å². The fourth-order valence-corrected chi connectivity index (χ4v) is 1.33. The lowest BCUT2D eigenvalue weighted by atomic mass is 10.3. The zero-order valence-electron chi connectivity index (χ0n) is 8.74. The fraction of sp³-hybridized carbons (Fsp3) is 0. The van der Waals surface area contributed by atoms with Gasteiger partial charge in [-0.25, -0.2) is 19.6 Å². The SMILES string of the molecule is NNc1cccc(Nc2c(F)cccc2F)n1. The summed E-state index contributed by atoms with van der Waals surface area (Å²) in [4.78, 5) is 3.99. The Morgan fingerprint density at radius 1 is 0.941 bits per heavy atom. The van der Waals surface area contributed by atoms with Gasteiger partial charge in [-0.15, -0.1) is 0 Å². The second-order valence-electron chi connectivity index (χ2n) is 3.27. The molecule has 0 saturated heterocycles. The molecule has 0 unspecified atom stereocenters. The van der Waals surface area contributed by atoms with Crippen molar-refractivity contribution in [2.45, 2.75) is 0 Å². The van der Waals surface area contributed by atoms with Crippen LogP contribution in [0.25, 0.3) is 0 Å². The number of halogens is 2. The third-order valence-electron chi connectivity index (χ3n) is 2.11. The minimum atomic E-state index is -0.682. The highest BCUT2D eigenvalue weighted by Gasteiger charge is 2.08. The van der Waals surface area contributed by atoms with Crippen LogP contribution in [0.3, 0.4) is 0 Å². The molecule has 6 heteroatoms. The first-order valence-corrected chi connectivity index (χ1v) is 4.85. The van der Waals surface area contributed by atoms with Crippen molar-refractivity contribution in [3.8, 4) is 0 Å². The second kappa shape index (κ2) is 4.75. The van der Waals surface area contributed by atoms with Gasteiger partial charge in [-0.1, -0.05) is 12.1 Å². The van der Waals surface area contributed by atoms with Crippen LogP contribution in [0.4, 0.5) is 26.1 Å². The lowest BCUT2D eigenvalue weighted by Gasteiger charge is -2.08. The van der Waals surface area contributed by atoms with Gasteiger partial charge in [0.25, 0.3) is 0 Å². The van der Waals surface area contributed by atoms with Crippen molar-refractivity contribution in [3.63, 3.8) is 0 Å². The van der Waals surface area contributed by atoms with Gasteiger partial charge in [0.2, 0.25) is 0 Å². The molecule has 0 bridgehead atoms. The lowest BCUT2D eigenvalue weighted by Crippen LogP contribution is -2.09. The third kappa shape index (κ3) is 2.48. The minimum Gasteiger partial charge on any atom is -0.335 e. The normalized spacial score (nSPS) is 10.1. The summed E-state index contributed by atoms with van der Waals surface area (Å²) in [5.74, 6) is 4.51. The number of hydrazine groups is 1. The van der Waals surface area contributed by atoms with E-state index < -0.39 is 11.6 Å². The van der Waals surface area contributed by atoms with E-state index in [4.69, 9.17) is 5.84 Å². The molecule has 1 aromatic carbocycles. The van der Waals surface area contributed by atoms with E-state index in [-0.39, 0.29) is 5.69 Å². The molecule has 1 heterocycles. The molecular weight excluding hydrogens is 226 g/mol. The van der Waals surface area contributed by atoms with Gasteiger partial charge in [-0.05, 0) is 24.3 Å². The number of pyridine rings is 1. The number of hydrogen-bond acceptors (Lipinski definition) is 4. The summed E-state index contributed by atoms with van der Waals surface area (Å²) in [6, 6.07) is 8.48. The fourth-order valence-electron chi connectivity index (χ4n) is 1.33. The van der Waals surface area contributed by atoms with E-state index in [1.54, 1.807) is 18.2 Å². The van der Waals surface area contributed by atoms with Crippen LogP contribution in [0.5, 0.6) is 0 Å². The molecule has 0 spiro atoms. The quantitative estimate of drug-likeness (QED) is 0.565. The Hall–Kier alpha value is -2.21. The Labute approximate surface area is 96.4 Å². The van der Waals surface area contributed by atoms with Crippen LogP contribution < -0.4 is 16.6 Å². The third-order valence-corrected chi connectivity index (χ3v) is 2.11. The van der Waals surface area contributed by atoms with Gasteiger partial charge in [0.15, 0.2) is 0 Å². The number of rotatable bonds is 3. The van der Waals surface area contributed by atoms with Crippen LogP contribution in [-0.2, 0) is 0 Å². The average Bonchev–Trinajstić information content (AvgIpc) is 2.34. The number of benzene rings is 1. The zero-order chi connectivity index (χ0) is 12.3. The Morgan fingerprint density at radius 2 is 1.53 bits per heavy atom. The van der Waals surface area contributed by atoms with Crippen molar-refractivity contribution in [1.82, 2.24) is 4.98 Å². The first-order chi connectivity index (χ1) is 8.20. The molecule has 0 aliphatic carbocycles. The number of nitrogens with two attached hydrogens (primary N) is 1. The topological polar surface area (TPSA) is 63.0 Å². The van der Waals surface area contributed by atoms with Crippen molar-refractivity contribution >= 4 is 17.3 Å². The maximum absolute atomic E-state index is 13.3. The van der Waals surface area contributed by atoms with Crippen molar-refractivity contribution < 1.29 is 8.78 Å². The molecule has 17 heavy (non-hydrogen) atoms. The van der Waals surface area contributed by atoms with Crippen molar-refractivity contribution in [1.29, 1.82) is 0 Å². The highest BCUT2D eigenvalue weighted by Crippen LogP contribution is 2.22. The van der Waals surface area contributed by atoms with Crippen molar-refractivity contribution in [2.24, 2.45) is 5.84 Å².